The molecule has 0 aliphatic heterocycles. The van der Waals surface area contributed by atoms with Gasteiger partial charge in [0.1, 0.15) is 0 Å². The zero-order chi connectivity index (χ0) is 11.5. The summed E-state index contributed by atoms with van der Waals surface area (Å²) in [5.41, 5.74) is 1.56. The molecule has 2 rings (SSSR count). The molecule has 0 atom stereocenters. The van der Waals surface area contributed by atoms with Crippen LogP contribution in [0.1, 0.15) is 21.6 Å². The van der Waals surface area contributed by atoms with E-state index < -0.39 is 0 Å². The van der Waals surface area contributed by atoms with E-state index >= 15 is 0 Å². The molecule has 0 radical (unpaired) electrons. The van der Waals surface area contributed by atoms with Gasteiger partial charge >= 0.3 is 0 Å². The Morgan fingerprint density at radius 3 is 2.38 bits per heavy atom. The van der Waals surface area contributed by atoms with Crippen LogP contribution in [0.15, 0.2) is 47.3 Å². The summed E-state index contributed by atoms with van der Waals surface area (Å²) in [6.45, 7) is 1.72. The molecule has 3 nitrogen and oxygen atoms in total. The molecule has 0 bridgehead atoms. The Kier molecular flexibility index (Phi) is 2.68. The Bertz CT molecular complexity index is 570. The predicted molar refractivity (Wildman–Crippen MR) is 61.7 cm³/mol. The van der Waals surface area contributed by atoms with Gasteiger partial charge in [-0.15, -0.1) is 0 Å². The minimum Gasteiger partial charge on any atom is -0.326 e. The topological polar surface area (TPSA) is 49.9 Å². The number of H-pyrrole nitrogens is 1. The van der Waals surface area contributed by atoms with Crippen LogP contribution in [-0.4, -0.2) is 10.8 Å². The van der Waals surface area contributed by atoms with Gasteiger partial charge in [-0.3, -0.25) is 9.59 Å². The van der Waals surface area contributed by atoms with E-state index in [4.69, 9.17) is 0 Å². The lowest BCUT2D eigenvalue weighted by atomic mass is 10.0. The van der Waals surface area contributed by atoms with Crippen LogP contribution >= 0.6 is 0 Å². The molecule has 16 heavy (non-hydrogen) atoms. The third kappa shape index (κ3) is 1.93. The lowest BCUT2D eigenvalue weighted by molar-refractivity contribution is 0.103. The highest BCUT2D eigenvalue weighted by Gasteiger charge is 2.11. The Morgan fingerprint density at radius 2 is 1.75 bits per heavy atom. The Labute approximate surface area is 92.8 Å². The molecular weight excluding hydrogens is 202 g/mol. The van der Waals surface area contributed by atoms with Crippen LogP contribution in [0.3, 0.4) is 0 Å². The smallest absolute Gasteiger partial charge is 0.248 e. The van der Waals surface area contributed by atoms with Crippen LogP contribution in [-0.2, 0) is 0 Å². The number of hydrogen-bond acceptors (Lipinski definition) is 2. The van der Waals surface area contributed by atoms with Gasteiger partial charge in [0.05, 0.1) is 0 Å². The van der Waals surface area contributed by atoms with E-state index in [9.17, 15) is 9.59 Å². The van der Waals surface area contributed by atoms with Crippen molar-refractivity contribution >= 4 is 5.78 Å². The number of ketones is 1. The number of rotatable bonds is 2. The van der Waals surface area contributed by atoms with Crippen molar-refractivity contribution in [3.63, 3.8) is 0 Å². The van der Waals surface area contributed by atoms with E-state index in [0.717, 1.165) is 0 Å². The second kappa shape index (κ2) is 4.14. The SMILES string of the molecule is Cc1[nH]c(=O)ccc1C(=O)c1ccccc1. The number of aromatic amines is 1. The third-order valence-corrected chi connectivity index (χ3v) is 2.40. The first kappa shape index (κ1) is 10.4. The normalized spacial score (nSPS) is 10.1. The number of carbonyl (C=O) groups excluding carboxylic acids is 1. The molecule has 1 aromatic carbocycles. The summed E-state index contributed by atoms with van der Waals surface area (Å²) in [5.74, 6) is -0.0747. The van der Waals surface area contributed by atoms with Crippen LogP contribution < -0.4 is 5.56 Å². The Balaban J connectivity index is 2.46. The molecule has 0 spiro atoms. The maximum atomic E-state index is 12.1. The lowest BCUT2D eigenvalue weighted by Gasteiger charge is -2.03. The molecule has 0 unspecified atom stereocenters. The standard InChI is InChI=1S/C13H11NO2/c1-9-11(7-8-12(15)14-9)13(16)10-5-3-2-4-6-10/h2-8H,1H3,(H,14,15). The maximum absolute atomic E-state index is 12.1. The van der Waals surface area contributed by atoms with Crippen LogP contribution in [0.2, 0.25) is 0 Å². The molecule has 0 aliphatic rings. The molecule has 80 valence electrons. The lowest BCUT2D eigenvalue weighted by Crippen LogP contribution is -2.11. The van der Waals surface area contributed by atoms with Gasteiger partial charge in [-0.2, -0.15) is 0 Å². The number of aromatic nitrogens is 1. The summed E-state index contributed by atoms with van der Waals surface area (Å²) in [6, 6.07) is 11.9. The van der Waals surface area contributed by atoms with Crippen molar-refractivity contribution in [1.82, 2.24) is 4.98 Å². The average Bonchev–Trinajstić information content (AvgIpc) is 2.29. The van der Waals surface area contributed by atoms with Crippen molar-refractivity contribution in [1.29, 1.82) is 0 Å². The fourth-order valence-corrected chi connectivity index (χ4v) is 1.57. The van der Waals surface area contributed by atoms with Gasteiger partial charge in [0, 0.05) is 22.9 Å². The van der Waals surface area contributed by atoms with Gasteiger partial charge in [0.2, 0.25) is 5.56 Å². The minimum atomic E-state index is -0.192. The highest BCUT2D eigenvalue weighted by Crippen LogP contribution is 2.10. The highest BCUT2D eigenvalue weighted by atomic mass is 16.1. The second-order valence-electron chi connectivity index (χ2n) is 3.56. The van der Waals surface area contributed by atoms with E-state index in [1.807, 2.05) is 18.2 Å². The van der Waals surface area contributed by atoms with Gasteiger partial charge in [0.15, 0.2) is 5.78 Å². The van der Waals surface area contributed by atoms with Crippen LogP contribution in [0.4, 0.5) is 0 Å². The molecule has 1 N–H and O–H groups in total. The number of carbonyl (C=O) groups is 1. The number of hydrogen-bond donors (Lipinski definition) is 1. The van der Waals surface area contributed by atoms with E-state index in [-0.39, 0.29) is 11.3 Å². The first-order chi connectivity index (χ1) is 7.68. The molecule has 1 heterocycles. The molecule has 0 amide bonds. The number of nitrogens with one attached hydrogen (secondary N) is 1. The van der Waals surface area contributed by atoms with Crippen molar-refractivity contribution in [3.8, 4) is 0 Å². The summed E-state index contributed by atoms with van der Waals surface area (Å²) in [4.78, 5) is 25.7. The zero-order valence-electron chi connectivity index (χ0n) is 8.86. The molecule has 2 aromatic rings. The molecule has 0 saturated carbocycles. The van der Waals surface area contributed by atoms with Gasteiger partial charge < -0.3 is 4.98 Å². The monoisotopic (exact) mass is 213 g/mol. The summed E-state index contributed by atoms with van der Waals surface area (Å²) in [7, 11) is 0. The van der Waals surface area contributed by atoms with Gasteiger partial charge in [-0.25, -0.2) is 0 Å². The average molecular weight is 213 g/mol. The first-order valence-corrected chi connectivity index (χ1v) is 4.98. The quantitative estimate of drug-likeness (QED) is 0.775. The third-order valence-electron chi connectivity index (χ3n) is 2.40. The largest absolute Gasteiger partial charge is 0.326 e. The highest BCUT2D eigenvalue weighted by molar-refractivity contribution is 6.09. The van der Waals surface area contributed by atoms with E-state index in [0.29, 0.717) is 16.8 Å². The van der Waals surface area contributed by atoms with Gasteiger partial charge in [-0.05, 0) is 13.0 Å². The molecule has 0 aliphatic carbocycles. The molecule has 1 aromatic heterocycles. The minimum absolute atomic E-state index is 0.0747. The Hall–Kier alpha value is -2.16. The van der Waals surface area contributed by atoms with Gasteiger partial charge in [-0.1, -0.05) is 30.3 Å². The van der Waals surface area contributed by atoms with E-state index in [1.165, 1.54) is 6.07 Å². The number of aryl methyl sites for hydroxylation is 1. The molecule has 3 heteroatoms. The zero-order valence-corrected chi connectivity index (χ0v) is 8.86. The molecular formula is C13H11NO2. The maximum Gasteiger partial charge on any atom is 0.248 e. The number of pyridine rings is 1. The predicted octanol–water partition coefficient (Wildman–Crippen LogP) is 1.91. The van der Waals surface area contributed by atoms with E-state index in [1.54, 1.807) is 25.1 Å². The van der Waals surface area contributed by atoms with Crippen molar-refractivity contribution in [2.45, 2.75) is 6.92 Å². The van der Waals surface area contributed by atoms with E-state index in [2.05, 4.69) is 4.98 Å². The van der Waals surface area contributed by atoms with Crippen molar-refractivity contribution in [3.05, 3.63) is 69.6 Å². The van der Waals surface area contributed by atoms with Crippen molar-refractivity contribution in [2.24, 2.45) is 0 Å². The fourth-order valence-electron chi connectivity index (χ4n) is 1.57. The second-order valence-corrected chi connectivity index (χ2v) is 3.56. The molecule has 0 saturated heterocycles. The van der Waals surface area contributed by atoms with Crippen molar-refractivity contribution in [2.75, 3.05) is 0 Å². The summed E-state index contributed by atoms with van der Waals surface area (Å²) >= 11 is 0. The first-order valence-electron chi connectivity index (χ1n) is 4.98. The number of benzene rings is 1. The summed E-state index contributed by atoms with van der Waals surface area (Å²) in [6.07, 6.45) is 0. The Morgan fingerprint density at radius 1 is 1.06 bits per heavy atom. The fraction of sp³-hybridized carbons (Fsp3) is 0.0769. The van der Waals surface area contributed by atoms with Crippen LogP contribution in [0.25, 0.3) is 0 Å². The van der Waals surface area contributed by atoms with Crippen molar-refractivity contribution < 1.29 is 4.79 Å². The summed E-state index contributed by atoms with van der Waals surface area (Å²) in [5, 5.41) is 0. The molecule has 0 fully saturated rings. The van der Waals surface area contributed by atoms with Gasteiger partial charge in [0.25, 0.3) is 0 Å². The summed E-state index contributed by atoms with van der Waals surface area (Å²) < 4.78 is 0. The van der Waals surface area contributed by atoms with Crippen LogP contribution in [0.5, 0.6) is 0 Å². The van der Waals surface area contributed by atoms with Crippen LogP contribution in [0, 0.1) is 6.92 Å².